The number of thiophene rings is 2. The Balaban J connectivity index is 2.30. The Labute approximate surface area is 144 Å². The van der Waals surface area contributed by atoms with E-state index in [1.54, 1.807) is 13.8 Å². The lowest BCUT2D eigenvalue weighted by Crippen LogP contribution is -2.09. The number of hydrogen-bond acceptors (Lipinski definition) is 8. The molecule has 24 heavy (non-hydrogen) atoms. The number of ether oxygens (including phenoxy) is 1. The van der Waals surface area contributed by atoms with E-state index in [0.717, 1.165) is 22.7 Å². The lowest BCUT2D eigenvalue weighted by molar-refractivity contribution is -0.380. The van der Waals surface area contributed by atoms with Crippen molar-refractivity contribution in [1.82, 2.24) is 0 Å². The maximum Gasteiger partial charge on any atom is 0.348 e. The van der Waals surface area contributed by atoms with Gasteiger partial charge in [0.2, 0.25) is 0 Å². The van der Waals surface area contributed by atoms with Crippen LogP contribution in [0.5, 0.6) is 0 Å². The third-order valence-electron chi connectivity index (χ3n) is 2.94. The minimum absolute atomic E-state index is 0.134. The highest BCUT2D eigenvalue weighted by molar-refractivity contribution is 7.19. The summed E-state index contributed by atoms with van der Waals surface area (Å²) < 4.78 is 4.92. The SMILES string of the molecule is CCOC(=O)c1sc(NC(=O)c2ccc([N+](=O)[O-])s2)c(C#N)c1C. The number of nitriles is 1. The summed E-state index contributed by atoms with van der Waals surface area (Å²) in [5.41, 5.74) is 0.593. The van der Waals surface area contributed by atoms with Gasteiger partial charge in [0.25, 0.3) is 5.91 Å². The summed E-state index contributed by atoms with van der Waals surface area (Å²) in [6, 6.07) is 4.51. The number of anilines is 1. The van der Waals surface area contributed by atoms with Gasteiger partial charge in [-0.05, 0) is 25.5 Å². The van der Waals surface area contributed by atoms with Gasteiger partial charge in [-0.25, -0.2) is 4.79 Å². The van der Waals surface area contributed by atoms with Gasteiger partial charge in [0, 0.05) is 6.07 Å². The van der Waals surface area contributed by atoms with Crippen molar-refractivity contribution in [3.63, 3.8) is 0 Å². The van der Waals surface area contributed by atoms with Crippen LogP contribution in [0, 0.1) is 28.4 Å². The van der Waals surface area contributed by atoms with Gasteiger partial charge < -0.3 is 10.1 Å². The average Bonchev–Trinajstić information content (AvgIpc) is 3.13. The second-order valence-corrected chi connectivity index (χ2v) is 6.52. The summed E-state index contributed by atoms with van der Waals surface area (Å²) >= 11 is 1.66. The van der Waals surface area contributed by atoms with Gasteiger partial charge in [0.1, 0.15) is 15.9 Å². The number of nitrogens with one attached hydrogen (secondary N) is 1. The van der Waals surface area contributed by atoms with Crippen LogP contribution in [0.1, 0.15) is 37.4 Å². The van der Waals surface area contributed by atoms with Gasteiger partial charge in [-0.1, -0.05) is 11.3 Å². The zero-order chi connectivity index (χ0) is 17.9. The van der Waals surface area contributed by atoms with Crippen molar-refractivity contribution >= 4 is 44.6 Å². The Morgan fingerprint density at radius 3 is 2.67 bits per heavy atom. The summed E-state index contributed by atoms with van der Waals surface area (Å²) in [6.07, 6.45) is 0. The molecule has 0 saturated carbocycles. The first-order valence-corrected chi connectivity index (χ1v) is 8.28. The number of nitro groups is 1. The molecule has 124 valence electrons. The first-order valence-electron chi connectivity index (χ1n) is 6.65. The molecule has 0 aliphatic rings. The molecule has 1 amide bonds. The van der Waals surface area contributed by atoms with Gasteiger partial charge >= 0.3 is 11.0 Å². The number of hydrogen-bond donors (Lipinski definition) is 1. The molecular weight excluding hydrogens is 354 g/mol. The van der Waals surface area contributed by atoms with E-state index in [1.807, 2.05) is 6.07 Å². The number of rotatable bonds is 5. The molecular formula is C14H11N3O5S2. The topological polar surface area (TPSA) is 122 Å². The van der Waals surface area contributed by atoms with Gasteiger partial charge in [-0.15, -0.1) is 11.3 Å². The second-order valence-electron chi connectivity index (χ2n) is 4.44. The summed E-state index contributed by atoms with van der Waals surface area (Å²) in [5, 5.41) is 22.5. The lowest BCUT2D eigenvalue weighted by atomic mass is 10.2. The third kappa shape index (κ3) is 3.42. The lowest BCUT2D eigenvalue weighted by Gasteiger charge is -2.00. The molecule has 0 fully saturated rings. The highest BCUT2D eigenvalue weighted by Gasteiger charge is 2.23. The molecule has 0 spiro atoms. The Bertz CT molecular complexity index is 862. The van der Waals surface area contributed by atoms with Crippen molar-refractivity contribution in [3.05, 3.63) is 43.1 Å². The van der Waals surface area contributed by atoms with Gasteiger partial charge in [-0.2, -0.15) is 5.26 Å². The molecule has 0 unspecified atom stereocenters. The van der Waals surface area contributed by atoms with E-state index in [9.17, 15) is 25.0 Å². The van der Waals surface area contributed by atoms with Crippen LogP contribution in [0.3, 0.4) is 0 Å². The fourth-order valence-corrected chi connectivity index (χ4v) is 3.60. The molecule has 0 atom stereocenters. The van der Waals surface area contributed by atoms with E-state index in [1.165, 1.54) is 12.1 Å². The summed E-state index contributed by atoms with van der Waals surface area (Å²) in [5.74, 6) is -1.15. The van der Waals surface area contributed by atoms with Crippen molar-refractivity contribution in [2.24, 2.45) is 0 Å². The van der Waals surface area contributed by atoms with E-state index in [2.05, 4.69) is 5.32 Å². The largest absolute Gasteiger partial charge is 0.462 e. The number of esters is 1. The highest BCUT2D eigenvalue weighted by atomic mass is 32.1. The Hall–Kier alpha value is -2.77. The van der Waals surface area contributed by atoms with Crippen molar-refractivity contribution < 1.29 is 19.2 Å². The van der Waals surface area contributed by atoms with Gasteiger partial charge in [-0.3, -0.25) is 14.9 Å². The van der Waals surface area contributed by atoms with E-state index in [0.29, 0.717) is 5.56 Å². The Kier molecular flexibility index (Phi) is 5.28. The van der Waals surface area contributed by atoms with Gasteiger partial charge in [0.05, 0.1) is 22.0 Å². The quantitative estimate of drug-likeness (QED) is 0.492. The minimum atomic E-state index is -0.587. The first kappa shape index (κ1) is 17.6. The van der Waals surface area contributed by atoms with E-state index in [4.69, 9.17) is 4.74 Å². The van der Waals surface area contributed by atoms with Crippen LogP contribution >= 0.6 is 22.7 Å². The fourth-order valence-electron chi connectivity index (χ4n) is 1.84. The van der Waals surface area contributed by atoms with Crippen LogP contribution < -0.4 is 5.32 Å². The fraction of sp³-hybridized carbons (Fsp3) is 0.214. The maximum atomic E-state index is 12.2. The summed E-state index contributed by atoms with van der Waals surface area (Å²) in [6.45, 7) is 3.45. The molecule has 8 nitrogen and oxygen atoms in total. The maximum absolute atomic E-state index is 12.2. The van der Waals surface area contributed by atoms with Crippen molar-refractivity contribution in [1.29, 1.82) is 5.26 Å². The molecule has 0 radical (unpaired) electrons. The smallest absolute Gasteiger partial charge is 0.348 e. The average molecular weight is 365 g/mol. The van der Waals surface area contributed by atoms with Crippen LogP contribution in [-0.2, 0) is 4.74 Å². The monoisotopic (exact) mass is 365 g/mol. The number of nitrogens with zero attached hydrogens (tertiary/aromatic N) is 2. The standard InChI is InChI=1S/C14H11N3O5S2/c1-3-22-14(19)11-7(2)8(6-15)13(24-11)16-12(18)9-4-5-10(23-9)17(20)21/h4-5H,3H2,1-2H3,(H,16,18). The van der Waals surface area contributed by atoms with Crippen molar-refractivity contribution in [2.75, 3.05) is 11.9 Å². The normalized spacial score (nSPS) is 10.0. The number of carbonyl (C=O) groups is 2. The van der Waals surface area contributed by atoms with Crippen molar-refractivity contribution in [3.8, 4) is 6.07 Å². The van der Waals surface area contributed by atoms with Crippen LogP contribution in [0.25, 0.3) is 0 Å². The molecule has 0 saturated heterocycles. The van der Waals surface area contributed by atoms with Crippen molar-refractivity contribution in [2.45, 2.75) is 13.8 Å². The van der Waals surface area contributed by atoms with E-state index < -0.39 is 16.8 Å². The molecule has 2 aromatic heterocycles. The summed E-state index contributed by atoms with van der Waals surface area (Å²) in [4.78, 5) is 34.5. The molecule has 0 bridgehead atoms. The molecule has 10 heteroatoms. The summed E-state index contributed by atoms with van der Waals surface area (Å²) in [7, 11) is 0. The second kappa shape index (κ2) is 7.20. The number of carbonyl (C=O) groups excluding carboxylic acids is 2. The zero-order valence-electron chi connectivity index (χ0n) is 12.6. The Morgan fingerprint density at radius 1 is 1.42 bits per heavy atom. The highest BCUT2D eigenvalue weighted by Crippen LogP contribution is 2.34. The zero-order valence-corrected chi connectivity index (χ0v) is 14.2. The molecule has 1 N–H and O–H groups in total. The predicted octanol–water partition coefficient (Wildman–Crippen LogP) is 3.33. The van der Waals surface area contributed by atoms with Crippen LogP contribution in [0.2, 0.25) is 0 Å². The predicted molar refractivity (Wildman–Crippen MR) is 88.7 cm³/mol. The van der Waals surface area contributed by atoms with E-state index in [-0.39, 0.29) is 31.9 Å². The molecule has 0 aliphatic carbocycles. The molecule has 2 rings (SSSR count). The first-order chi connectivity index (χ1) is 11.4. The molecule has 2 heterocycles. The third-order valence-corrected chi connectivity index (χ3v) is 5.16. The van der Waals surface area contributed by atoms with Crippen LogP contribution in [0.15, 0.2) is 12.1 Å². The van der Waals surface area contributed by atoms with Crippen LogP contribution in [0.4, 0.5) is 10.0 Å². The Morgan fingerprint density at radius 2 is 2.12 bits per heavy atom. The minimum Gasteiger partial charge on any atom is -0.462 e. The molecule has 0 aromatic carbocycles. The number of amides is 1. The molecule has 2 aromatic rings. The van der Waals surface area contributed by atoms with Gasteiger partial charge in [0.15, 0.2) is 0 Å². The molecule has 0 aliphatic heterocycles. The van der Waals surface area contributed by atoms with Crippen LogP contribution in [-0.4, -0.2) is 23.4 Å². The van der Waals surface area contributed by atoms with E-state index >= 15 is 0 Å².